The second-order valence-electron chi connectivity index (χ2n) is 7.73. The third kappa shape index (κ3) is 5.80. The standard InChI is InChI=1S/C26H19Cl3N4OS2/c1-14-10-11-18(28)24(23(14)29)33-22(34)13-35-25(31-19-8-5-6-17(27)15(19)2)16(12-30)26-32-20-7-3-4-9-21(20)36-26/h3-11,31H,13H2,1-2H3,(H,33,34)/b25-16+. The van der Waals surface area contributed by atoms with Crippen molar-refractivity contribution in [3.8, 4) is 6.07 Å². The molecule has 4 rings (SSSR count). The van der Waals surface area contributed by atoms with Crippen LogP contribution in [0.1, 0.15) is 16.1 Å². The number of allylic oxidation sites excluding steroid dienone is 1. The number of anilines is 2. The molecule has 0 saturated carbocycles. The number of thiazole rings is 1. The lowest BCUT2D eigenvalue weighted by atomic mass is 10.2. The molecule has 182 valence electrons. The summed E-state index contributed by atoms with van der Waals surface area (Å²) in [5, 5.41) is 18.6. The van der Waals surface area contributed by atoms with Crippen molar-refractivity contribution in [3.05, 3.63) is 90.8 Å². The maximum atomic E-state index is 12.9. The van der Waals surface area contributed by atoms with E-state index in [0.717, 1.165) is 27.0 Å². The molecule has 36 heavy (non-hydrogen) atoms. The molecule has 4 aromatic rings. The van der Waals surface area contributed by atoms with Gasteiger partial charge >= 0.3 is 0 Å². The Morgan fingerprint density at radius 2 is 1.81 bits per heavy atom. The molecule has 0 aliphatic rings. The van der Waals surface area contributed by atoms with Crippen LogP contribution in [0, 0.1) is 25.2 Å². The first-order valence-electron chi connectivity index (χ1n) is 10.7. The average Bonchev–Trinajstić information content (AvgIpc) is 3.29. The number of thioether (sulfide) groups is 1. The lowest BCUT2D eigenvalue weighted by Gasteiger charge is -2.16. The van der Waals surface area contributed by atoms with Crippen molar-refractivity contribution < 1.29 is 4.79 Å². The van der Waals surface area contributed by atoms with Crippen molar-refractivity contribution in [2.75, 3.05) is 16.4 Å². The van der Waals surface area contributed by atoms with Crippen LogP contribution in [0.4, 0.5) is 11.4 Å². The van der Waals surface area contributed by atoms with Crippen molar-refractivity contribution >= 4 is 91.0 Å². The van der Waals surface area contributed by atoms with Gasteiger partial charge in [0.25, 0.3) is 0 Å². The molecule has 0 aliphatic carbocycles. The Labute approximate surface area is 232 Å². The van der Waals surface area contributed by atoms with Crippen LogP contribution in [-0.4, -0.2) is 16.6 Å². The highest BCUT2D eigenvalue weighted by molar-refractivity contribution is 8.04. The minimum atomic E-state index is -0.321. The molecule has 10 heteroatoms. The zero-order valence-corrected chi connectivity index (χ0v) is 23.1. The van der Waals surface area contributed by atoms with Gasteiger partial charge in [-0.3, -0.25) is 4.79 Å². The fraction of sp³-hybridized carbons (Fsp3) is 0.115. The monoisotopic (exact) mass is 572 g/mol. The number of hydrogen-bond donors (Lipinski definition) is 2. The zero-order chi connectivity index (χ0) is 25.8. The smallest absolute Gasteiger partial charge is 0.234 e. The molecular weight excluding hydrogens is 555 g/mol. The number of carbonyl (C=O) groups is 1. The molecule has 0 saturated heterocycles. The first kappa shape index (κ1) is 26.3. The average molecular weight is 574 g/mol. The number of halogens is 3. The van der Waals surface area contributed by atoms with Gasteiger partial charge in [-0.15, -0.1) is 11.3 Å². The van der Waals surface area contributed by atoms with Crippen LogP contribution in [-0.2, 0) is 4.79 Å². The molecule has 1 aromatic heterocycles. The molecular formula is C26H19Cl3N4OS2. The summed E-state index contributed by atoms with van der Waals surface area (Å²) in [6.45, 7) is 3.71. The normalized spacial score (nSPS) is 11.7. The SMILES string of the molecule is Cc1ccc(Cl)c(NC(=O)CS/C(Nc2cccc(Cl)c2C)=C(\C#N)c2nc3ccccc3s2)c1Cl. The van der Waals surface area contributed by atoms with Crippen LogP contribution >= 0.6 is 57.9 Å². The van der Waals surface area contributed by atoms with Crippen molar-refractivity contribution in [2.45, 2.75) is 13.8 Å². The molecule has 0 bridgehead atoms. The zero-order valence-electron chi connectivity index (χ0n) is 19.2. The lowest BCUT2D eigenvalue weighted by Crippen LogP contribution is -2.16. The van der Waals surface area contributed by atoms with Gasteiger partial charge in [0.05, 0.1) is 36.7 Å². The Bertz CT molecular complexity index is 1510. The van der Waals surface area contributed by atoms with Crippen LogP contribution in [0.5, 0.6) is 0 Å². The van der Waals surface area contributed by atoms with Crippen LogP contribution in [0.25, 0.3) is 15.8 Å². The van der Waals surface area contributed by atoms with Crippen molar-refractivity contribution in [1.82, 2.24) is 4.98 Å². The molecule has 0 fully saturated rings. The summed E-state index contributed by atoms with van der Waals surface area (Å²) in [7, 11) is 0. The lowest BCUT2D eigenvalue weighted by molar-refractivity contribution is -0.113. The summed E-state index contributed by atoms with van der Waals surface area (Å²) in [6.07, 6.45) is 0. The Hall–Kier alpha value is -2.73. The van der Waals surface area contributed by atoms with Gasteiger partial charge in [-0.2, -0.15) is 5.26 Å². The van der Waals surface area contributed by atoms with E-state index in [0.29, 0.717) is 36.4 Å². The Balaban J connectivity index is 1.67. The number of nitriles is 1. The highest BCUT2D eigenvalue weighted by Crippen LogP contribution is 2.36. The molecule has 0 unspecified atom stereocenters. The predicted octanol–water partition coefficient (Wildman–Crippen LogP) is 8.55. The summed E-state index contributed by atoms with van der Waals surface area (Å²) in [5.41, 5.74) is 3.84. The van der Waals surface area contributed by atoms with Crippen molar-refractivity contribution in [2.24, 2.45) is 0 Å². The third-order valence-electron chi connectivity index (χ3n) is 5.26. The van der Waals surface area contributed by atoms with Crippen molar-refractivity contribution in [3.63, 3.8) is 0 Å². The molecule has 1 heterocycles. The van der Waals surface area contributed by atoms with E-state index in [1.165, 1.54) is 23.1 Å². The number of benzene rings is 3. The quantitative estimate of drug-likeness (QED) is 0.217. The van der Waals surface area contributed by atoms with Gasteiger partial charge in [-0.05, 0) is 55.3 Å². The maximum absolute atomic E-state index is 12.9. The van der Waals surface area contributed by atoms with E-state index in [1.54, 1.807) is 18.2 Å². The number of nitrogens with zero attached hydrogens (tertiary/aromatic N) is 2. The Morgan fingerprint density at radius 3 is 2.56 bits per heavy atom. The first-order valence-corrected chi connectivity index (χ1v) is 13.6. The highest BCUT2D eigenvalue weighted by Gasteiger charge is 2.19. The van der Waals surface area contributed by atoms with Gasteiger partial charge < -0.3 is 10.6 Å². The summed E-state index contributed by atoms with van der Waals surface area (Å²) in [6, 6.07) is 18.9. The Morgan fingerprint density at radius 1 is 1.03 bits per heavy atom. The molecule has 2 N–H and O–H groups in total. The molecule has 1 amide bonds. The van der Waals surface area contributed by atoms with Gasteiger partial charge in [0, 0.05) is 10.7 Å². The number of amides is 1. The van der Waals surface area contributed by atoms with Gasteiger partial charge in [0.2, 0.25) is 5.91 Å². The van der Waals surface area contributed by atoms with E-state index >= 15 is 0 Å². The molecule has 0 atom stereocenters. The fourth-order valence-electron chi connectivity index (χ4n) is 3.30. The largest absolute Gasteiger partial charge is 0.349 e. The second-order valence-corrected chi connectivity index (χ2v) is 10.9. The molecule has 0 aliphatic heterocycles. The number of nitrogens with one attached hydrogen (secondary N) is 2. The summed E-state index contributed by atoms with van der Waals surface area (Å²) >= 11 is 21.5. The minimum absolute atomic E-state index is 0.00137. The molecule has 5 nitrogen and oxygen atoms in total. The molecule has 3 aromatic carbocycles. The van der Waals surface area contributed by atoms with Gasteiger partial charge in [-0.1, -0.05) is 70.8 Å². The number of hydrogen-bond acceptors (Lipinski definition) is 6. The molecule has 0 radical (unpaired) electrons. The van der Waals surface area contributed by atoms with Crippen LogP contribution < -0.4 is 10.6 Å². The van der Waals surface area contributed by atoms with Gasteiger partial charge in [0.1, 0.15) is 16.6 Å². The number of rotatable bonds is 7. The number of aromatic nitrogens is 1. The highest BCUT2D eigenvalue weighted by atomic mass is 35.5. The van der Waals surface area contributed by atoms with Gasteiger partial charge in [0.15, 0.2) is 0 Å². The number of fused-ring (bicyclic) bond motifs is 1. The molecule has 0 spiro atoms. The van der Waals surface area contributed by atoms with Crippen LogP contribution in [0.2, 0.25) is 15.1 Å². The van der Waals surface area contributed by atoms with E-state index in [2.05, 4.69) is 21.7 Å². The second kappa shape index (κ2) is 11.5. The number of aryl methyl sites for hydroxylation is 1. The van der Waals surface area contributed by atoms with E-state index in [-0.39, 0.29) is 11.7 Å². The summed E-state index contributed by atoms with van der Waals surface area (Å²) < 4.78 is 0.963. The van der Waals surface area contributed by atoms with E-state index < -0.39 is 0 Å². The number of carbonyl (C=O) groups excluding carboxylic acids is 1. The fourth-order valence-corrected chi connectivity index (χ4v) is 5.78. The van der Waals surface area contributed by atoms with Crippen LogP contribution in [0.3, 0.4) is 0 Å². The summed E-state index contributed by atoms with van der Waals surface area (Å²) in [4.78, 5) is 17.5. The van der Waals surface area contributed by atoms with Crippen molar-refractivity contribution in [1.29, 1.82) is 5.26 Å². The summed E-state index contributed by atoms with van der Waals surface area (Å²) in [5.74, 6) is -0.323. The maximum Gasteiger partial charge on any atom is 0.234 e. The first-order chi connectivity index (χ1) is 17.3. The third-order valence-corrected chi connectivity index (χ3v) is 8.53. The number of para-hydroxylation sites is 1. The van der Waals surface area contributed by atoms with E-state index in [4.69, 9.17) is 34.8 Å². The predicted molar refractivity (Wildman–Crippen MR) is 154 cm³/mol. The topological polar surface area (TPSA) is 77.8 Å². The minimum Gasteiger partial charge on any atom is -0.349 e. The Kier molecular flexibility index (Phi) is 8.45. The van der Waals surface area contributed by atoms with E-state index in [1.807, 2.05) is 50.2 Å². The van der Waals surface area contributed by atoms with Crippen LogP contribution in [0.15, 0.2) is 59.6 Å². The van der Waals surface area contributed by atoms with Gasteiger partial charge in [-0.25, -0.2) is 4.98 Å². The van der Waals surface area contributed by atoms with E-state index in [9.17, 15) is 10.1 Å².